The Kier molecular flexibility index (Phi) is 4.99. The Balaban J connectivity index is 1.80. The molecule has 0 bridgehead atoms. The van der Waals surface area contributed by atoms with E-state index in [1.807, 2.05) is 0 Å². The zero-order valence-corrected chi connectivity index (χ0v) is 14.4. The summed E-state index contributed by atoms with van der Waals surface area (Å²) in [7, 11) is 0. The third-order valence-electron chi connectivity index (χ3n) is 4.98. The molecule has 3 rings (SSSR count). The minimum atomic E-state index is 0.138. The van der Waals surface area contributed by atoms with Gasteiger partial charge in [0.05, 0.1) is 6.04 Å². The van der Waals surface area contributed by atoms with Crippen LogP contribution < -0.4 is 5.73 Å². The van der Waals surface area contributed by atoms with Gasteiger partial charge in [-0.15, -0.1) is 0 Å². The van der Waals surface area contributed by atoms with Crippen LogP contribution in [0.4, 0.5) is 0 Å². The monoisotopic (exact) mass is 351 g/mol. The number of hydrogen-bond donors (Lipinski definition) is 1. The molecule has 2 aliphatic rings. The molecule has 1 aromatic rings. The Morgan fingerprint density at radius 3 is 2.76 bits per heavy atom. The fraction of sp³-hybridized carbons (Fsp3) is 0.647. The predicted octanol–water partition coefficient (Wildman–Crippen LogP) is 3.01. The lowest BCUT2D eigenvalue weighted by Crippen LogP contribution is -2.57. The Bertz CT molecular complexity index is 477. The predicted molar refractivity (Wildman–Crippen MR) is 91.3 cm³/mol. The standard InChI is InChI=1S/C17H26BrN3/c1-13(19)17(15-7-2-3-8-16(15)18)21-11-10-20-9-5-4-6-14(20)12-21/h2-3,7-8,13-14,17H,4-6,9-12,19H2,1H3. The van der Waals surface area contributed by atoms with Crippen LogP contribution in [0.25, 0.3) is 0 Å². The molecular weight excluding hydrogens is 326 g/mol. The van der Waals surface area contributed by atoms with E-state index in [0.29, 0.717) is 6.04 Å². The van der Waals surface area contributed by atoms with E-state index in [1.165, 1.54) is 42.4 Å². The van der Waals surface area contributed by atoms with E-state index in [0.717, 1.165) is 19.1 Å². The Hall–Kier alpha value is -0.420. The first-order valence-electron chi connectivity index (χ1n) is 8.15. The highest BCUT2D eigenvalue weighted by Gasteiger charge is 2.34. The van der Waals surface area contributed by atoms with E-state index in [-0.39, 0.29) is 6.04 Å². The van der Waals surface area contributed by atoms with Crippen molar-refractivity contribution in [1.82, 2.24) is 9.80 Å². The van der Waals surface area contributed by atoms with Crippen molar-refractivity contribution in [1.29, 1.82) is 0 Å². The van der Waals surface area contributed by atoms with Crippen molar-refractivity contribution in [3.05, 3.63) is 34.3 Å². The fourth-order valence-electron chi connectivity index (χ4n) is 3.96. The molecule has 0 spiro atoms. The van der Waals surface area contributed by atoms with Crippen molar-refractivity contribution in [3.8, 4) is 0 Å². The largest absolute Gasteiger partial charge is 0.326 e. The summed E-state index contributed by atoms with van der Waals surface area (Å²) in [6, 6.07) is 9.71. The average Bonchev–Trinajstić information content (AvgIpc) is 2.49. The maximum absolute atomic E-state index is 6.36. The second-order valence-corrected chi connectivity index (χ2v) is 7.36. The Morgan fingerprint density at radius 2 is 2.00 bits per heavy atom. The number of hydrogen-bond acceptors (Lipinski definition) is 3. The third kappa shape index (κ3) is 3.34. The lowest BCUT2D eigenvalue weighted by atomic mass is 9.94. The lowest BCUT2D eigenvalue weighted by molar-refractivity contribution is 0.0218. The molecule has 2 saturated heterocycles. The molecular formula is C17H26BrN3. The molecule has 3 nitrogen and oxygen atoms in total. The van der Waals surface area contributed by atoms with Crippen molar-refractivity contribution >= 4 is 15.9 Å². The van der Waals surface area contributed by atoms with E-state index < -0.39 is 0 Å². The van der Waals surface area contributed by atoms with Gasteiger partial charge in [0.15, 0.2) is 0 Å². The van der Waals surface area contributed by atoms with E-state index in [1.54, 1.807) is 0 Å². The molecule has 0 saturated carbocycles. The summed E-state index contributed by atoms with van der Waals surface area (Å²) in [5.41, 5.74) is 7.69. The van der Waals surface area contributed by atoms with Crippen LogP contribution in [-0.2, 0) is 0 Å². The molecule has 0 radical (unpaired) electrons. The molecule has 1 aromatic carbocycles. The van der Waals surface area contributed by atoms with Gasteiger partial charge in [-0.2, -0.15) is 0 Å². The van der Waals surface area contributed by atoms with Crippen molar-refractivity contribution in [2.75, 3.05) is 26.2 Å². The summed E-state index contributed by atoms with van der Waals surface area (Å²) in [6.07, 6.45) is 4.10. The number of nitrogens with zero attached hydrogens (tertiary/aromatic N) is 2. The van der Waals surface area contributed by atoms with E-state index in [2.05, 4.69) is 56.9 Å². The molecule has 0 aliphatic carbocycles. The highest BCUT2D eigenvalue weighted by Crippen LogP contribution is 2.32. The van der Waals surface area contributed by atoms with Gasteiger partial charge >= 0.3 is 0 Å². The van der Waals surface area contributed by atoms with E-state index in [4.69, 9.17) is 5.73 Å². The summed E-state index contributed by atoms with van der Waals surface area (Å²) < 4.78 is 1.18. The van der Waals surface area contributed by atoms with Gasteiger partial charge in [-0.1, -0.05) is 40.5 Å². The lowest BCUT2D eigenvalue weighted by Gasteiger charge is -2.47. The minimum absolute atomic E-state index is 0.138. The third-order valence-corrected chi connectivity index (χ3v) is 5.71. The smallest absolute Gasteiger partial charge is 0.0508 e. The van der Waals surface area contributed by atoms with Crippen LogP contribution in [0, 0.1) is 0 Å². The van der Waals surface area contributed by atoms with Gasteiger partial charge in [-0.25, -0.2) is 0 Å². The summed E-state index contributed by atoms with van der Waals surface area (Å²) in [5, 5.41) is 0. The van der Waals surface area contributed by atoms with Gasteiger partial charge in [0.2, 0.25) is 0 Å². The first-order valence-corrected chi connectivity index (χ1v) is 8.94. The summed E-state index contributed by atoms with van der Waals surface area (Å²) >= 11 is 3.71. The van der Waals surface area contributed by atoms with E-state index >= 15 is 0 Å². The van der Waals surface area contributed by atoms with E-state index in [9.17, 15) is 0 Å². The normalized spacial score (nSPS) is 27.1. The maximum atomic E-state index is 6.36. The van der Waals surface area contributed by atoms with Crippen molar-refractivity contribution in [2.24, 2.45) is 5.73 Å². The molecule has 3 atom stereocenters. The van der Waals surface area contributed by atoms with Crippen molar-refractivity contribution in [2.45, 2.75) is 44.3 Å². The first-order chi connectivity index (χ1) is 10.2. The summed E-state index contributed by atoms with van der Waals surface area (Å²) in [5.74, 6) is 0. The number of fused-ring (bicyclic) bond motifs is 1. The van der Waals surface area contributed by atoms with Gasteiger partial charge in [0.1, 0.15) is 0 Å². The van der Waals surface area contributed by atoms with Crippen LogP contribution in [0.15, 0.2) is 28.7 Å². The number of rotatable bonds is 3. The van der Waals surface area contributed by atoms with Gasteiger partial charge < -0.3 is 5.73 Å². The average molecular weight is 352 g/mol. The number of halogens is 1. The maximum Gasteiger partial charge on any atom is 0.0508 e. The van der Waals surface area contributed by atoms with Gasteiger partial charge in [0, 0.05) is 36.2 Å². The molecule has 116 valence electrons. The number of piperidine rings is 1. The highest BCUT2D eigenvalue weighted by molar-refractivity contribution is 9.10. The molecule has 2 aliphatic heterocycles. The van der Waals surface area contributed by atoms with Crippen LogP contribution >= 0.6 is 15.9 Å². The highest BCUT2D eigenvalue weighted by atomic mass is 79.9. The summed E-state index contributed by atoms with van der Waals surface area (Å²) in [4.78, 5) is 5.29. The van der Waals surface area contributed by atoms with Gasteiger partial charge in [-0.05, 0) is 37.9 Å². The molecule has 4 heteroatoms. The fourth-order valence-corrected chi connectivity index (χ4v) is 4.48. The van der Waals surface area contributed by atoms with Crippen molar-refractivity contribution in [3.63, 3.8) is 0 Å². The Morgan fingerprint density at radius 1 is 1.19 bits per heavy atom. The molecule has 2 heterocycles. The van der Waals surface area contributed by atoms with Crippen LogP contribution in [-0.4, -0.2) is 48.1 Å². The molecule has 2 fully saturated rings. The molecule has 3 unspecified atom stereocenters. The van der Waals surface area contributed by atoms with Crippen LogP contribution in [0.1, 0.15) is 37.8 Å². The number of benzene rings is 1. The molecule has 0 aromatic heterocycles. The van der Waals surface area contributed by atoms with Gasteiger partial charge in [0.25, 0.3) is 0 Å². The molecule has 2 N–H and O–H groups in total. The van der Waals surface area contributed by atoms with Crippen molar-refractivity contribution < 1.29 is 0 Å². The number of nitrogens with two attached hydrogens (primary N) is 1. The molecule has 21 heavy (non-hydrogen) atoms. The first kappa shape index (κ1) is 15.5. The number of piperazine rings is 1. The minimum Gasteiger partial charge on any atom is -0.326 e. The molecule has 0 amide bonds. The van der Waals surface area contributed by atoms with Gasteiger partial charge in [-0.3, -0.25) is 9.80 Å². The topological polar surface area (TPSA) is 32.5 Å². The van der Waals surface area contributed by atoms with Crippen LogP contribution in [0.5, 0.6) is 0 Å². The van der Waals surface area contributed by atoms with Crippen LogP contribution in [0.2, 0.25) is 0 Å². The Labute approximate surface area is 136 Å². The quantitative estimate of drug-likeness (QED) is 0.908. The second-order valence-electron chi connectivity index (χ2n) is 6.51. The van der Waals surface area contributed by atoms with Crippen LogP contribution in [0.3, 0.4) is 0 Å². The SMILES string of the molecule is CC(N)C(c1ccccc1Br)N1CCN2CCCCC2C1. The second kappa shape index (κ2) is 6.78. The summed E-state index contributed by atoms with van der Waals surface area (Å²) in [6.45, 7) is 6.91. The zero-order valence-electron chi connectivity index (χ0n) is 12.8. The zero-order chi connectivity index (χ0) is 14.8.